The van der Waals surface area contributed by atoms with Gasteiger partial charge in [-0.05, 0) is 196 Å². The van der Waals surface area contributed by atoms with E-state index in [1.54, 1.807) is 44.4 Å². The number of anilines is 2. The molecule has 0 bridgehead atoms. The molecule has 2 amide bonds. The molecule has 0 unspecified atom stereocenters. The van der Waals surface area contributed by atoms with Crippen molar-refractivity contribution in [1.82, 2.24) is 49.9 Å². The van der Waals surface area contributed by atoms with E-state index in [0.29, 0.717) is 140 Å². The Morgan fingerprint density at radius 3 is 2.05 bits per heavy atom. The number of pyridine rings is 2. The van der Waals surface area contributed by atoms with Crippen LogP contribution in [0.2, 0.25) is 0 Å². The topological polar surface area (TPSA) is 228 Å². The van der Waals surface area contributed by atoms with Gasteiger partial charge in [-0.15, -0.1) is 0 Å². The number of piperidine rings is 2. The summed E-state index contributed by atoms with van der Waals surface area (Å²) in [4.78, 5) is 65.5. The zero-order chi connectivity index (χ0) is 65.8. The number of β-lactam (4-membered cyclic amide) rings is 1. The average Bonchev–Trinajstić information content (AvgIpc) is 0.976. The van der Waals surface area contributed by atoms with E-state index in [4.69, 9.17) is 39.1 Å². The molecule has 14 rings (SSSR count). The first-order valence-corrected chi connectivity index (χ1v) is 33.9. The minimum atomic E-state index is -1.05. The Morgan fingerprint density at radius 1 is 0.745 bits per heavy atom. The number of nitrogens with zero attached hydrogens (tertiary/aromatic N) is 11. The third kappa shape index (κ3) is 11.7. The maximum Gasteiger partial charge on any atom is 0.409 e. The molecule has 9 heterocycles. The molecule has 4 atom stereocenters. The molecule has 1 spiro atoms. The van der Waals surface area contributed by atoms with Crippen LogP contribution in [0.25, 0.3) is 65.9 Å². The first-order chi connectivity index (χ1) is 45.1. The third-order valence-corrected chi connectivity index (χ3v) is 21.5. The van der Waals surface area contributed by atoms with Gasteiger partial charge in [0.15, 0.2) is 5.82 Å². The molecule has 6 fully saturated rings. The summed E-state index contributed by atoms with van der Waals surface area (Å²) in [6, 6.07) is 10.7. The van der Waals surface area contributed by atoms with Crippen LogP contribution in [0.15, 0.2) is 54.9 Å². The van der Waals surface area contributed by atoms with E-state index in [1.165, 1.54) is 29.3 Å². The highest BCUT2D eigenvalue weighted by atomic mass is 127. The van der Waals surface area contributed by atoms with Crippen LogP contribution in [0.1, 0.15) is 108 Å². The molecular formula is C70H78F3IN12O8. The lowest BCUT2D eigenvalue weighted by molar-refractivity contribution is -0.133. The highest BCUT2D eigenvalue weighted by molar-refractivity contribution is 14.1. The quantitative estimate of drug-likeness (QED) is 0.0462. The van der Waals surface area contributed by atoms with E-state index in [0.717, 1.165) is 51.6 Å². The van der Waals surface area contributed by atoms with E-state index in [2.05, 4.69) is 61.7 Å². The number of amides is 2. The average molecular weight is 1400 g/mol. The number of aromatic hydroxyl groups is 2. The van der Waals surface area contributed by atoms with Crippen molar-refractivity contribution in [2.75, 3.05) is 90.0 Å². The monoisotopic (exact) mass is 1400 g/mol. The zero-order valence-electron chi connectivity index (χ0n) is 53.9. The molecule has 494 valence electrons. The molecule has 6 aliphatic rings. The number of rotatable bonds is 18. The lowest BCUT2D eigenvalue weighted by Crippen LogP contribution is -2.68. The van der Waals surface area contributed by atoms with E-state index in [1.807, 2.05) is 18.7 Å². The van der Waals surface area contributed by atoms with Gasteiger partial charge in [0.1, 0.15) is 59.2 Å². The molecule has 4 aromatic carbocycles. The fraction of sp³-hybridized carbons (Fsp3) is 0.486. The summed E-state index contributed by atoms with van der Waals surface area (Å²) in [5, 5.41) is 39.8. The molecular weight excluding hydrogens is 1320 g/mol. The van der Waals surface area contributed by atoms with Crippen molar-refractivity contribution >= 4 is 89.6 Å². The first-order valence-electron chi connectivity index (χ1n) is 32.8. The number of hydrogen-bond acceptors (Lipinski definition) is 18. The molecule has 0 radical (unpaired) electrons. The van der Waals surface area contributed by atoms with E-state index in [-0.39, 0.29) is 101 Å². The predicted octanol–water partition coefficient (Wildman–Crippen LogP) is 11.1. The second-order valence-electron chi connectivity index (χ2n) is 27.8. The third-order valence-electron chi connectivity index (χ3n) is 20.5. The Balaban J connectivity index is 0.698. The molecule has 1 aliphatic carbocycles. The summed E-state index contributed by atoms with van der Waals surface area (Å²) < 4.78 is 69.9. The maximum atomic E-state index is 17.4. The Bertz CT molecular complexity index is 4380. The van der Waals surface area contributed by atoms with E-state index >= 15 is 13.2 Å². The summed E-state index contributed by atoms with van der Waals surface area (Å²) >= 11 is 2.24. The summed E-state index contributed by atoms with van der Waals surface area (Å²) in [5.74, 6) is -0.873. The number of hydrogen-bond donors (Lipinski definition) is 4. The number of aliphatic hydroxyl groups is 1. The molecule has 8 aromatic rings. The smallest absolute Gasteiger partial charge is 0.409 e. The van der Waals surface area contributed by atoms with Gasteiger partial charge in [-0.1, -0.05) is 19.9 Å². The number of phenolic OH excluding ortho intramolecular Hbond substituents is 2. The molecule has 24 heteroatoms. The molecule has 5 aliphatic heterocycles. The zero-order valence-corrected chi connectivity index (χ0v) is 56.0. The molecule has 94 heavy (non-hydrogen) atoms. The molecule has 4 aromatic heterocycles. The van der Waals surface area contributed by atoms with Gasteiger partial charge < -0.3 is 54.4 Å². The Morgan fingerprint density at radius 2 is 1.37 bits per heavy atom. The second-order valence-corrected chi connectivity index (χ2v) is 28.9. The Hall–Kier alpha value is -7.68. The van der Waals surface area contributed by atoms with Gasteiger partial charge in [0.2, 0.25) is 5.91 Å². The van der Waals surface area contributed by atoms with Gasteiger partial charge in [-0.2, -0.15) is 19.9 Å². The van der Waals surface area contributed by atoms with E-state index in [9.17, 15) is 24.9 Å². The predicted molar refractivity (Wildman–Crippen MR) is 360 cm³/mol. The number of phenols is 2. The number of benzene rings is 4. The van der Waals surface area contributed by atoms with Crippen LogP contribution < -0.4 is 24.6 Å². The summed E-state index contributed by atoms with van der Waals surface area (Å²) in [7, 11) is 5.69. The highest BCUT2D eigenvalue weighted by Gasteiger charge is 2.51. The van der Waals surface area contributed by atoms with Gasteiger partial charge in [0, 0.05) is 80.3 Å². The number of aryl methyl sites for hydroxylation is 2. The minimum Gasteiger partial charge on any atom is -0.508 e. The number of carbonyl (C=O) groups is 2. The van der Waals surface area contributed by atoms with Gasteiger partial charge >= 0.3 is 18.1 Å². The van der Waals surface area contributed by atoms with Crippen LogP contribution >= 0.6 is 22.6 Å². The van der Waals surface area contributed by atoms with Crippen molar-refractivity contribution in [1.29, 1.82) is 0 Å². The SMILES string of the molecule is CCc1c(F)ccc2cc(O)cc(-c3ncc4c(N5CCC[C@@](C)(O)C5)nc(OC[C@]56CCCN5[C@@H](COC(=O)N(C)Cc5cc7cc(O)cc(-c8ncc9c(N%10CCC[C@@]%11(CC(=O)N%11)C%10)nc(OCC%10(CN(C)C)CC%10)nc9c8I)c7c(CC)c5F)CC6)nc4c3F)c12. The minimum absolute atomic E-state index is 0.0103. The van der Waals surface area contributed by atoms with Crippen LogP contribution in [-0.2, 0) is 28.9 Å². The largest absolute Gasteiger partial charge is 0.508 e. The standard InChI is InChI=1S/C70H78F3IN12O8/c1-7-45-51(71)13-12-39-25-43(87)27-47(53(39)45)58-56(73)59-49(30-75-58)62(84-21-9-15-67(3,91)34-84)79-64(77-59)94-38-70-17-11-23-86(70)42(14-18-70)33-92-66(90)83(6)32-41-24-40-26-44(88)28-48(54(40)46(8-2)55(41)72)60-57(74)61-50(31-76-60)63(85-22-10-16-69(36-85)29-52(89)81-69)80-65(78-61)93-37-68(19-20-68)35-82(4)5/h12-13,24-28,30-31,42,87-88,91H,7-11,14-23,29,32-38H2,1-6H3,(H,81,89)/t42-,67-,69-,70-/m1/s1. The number of aromatic nitrogens is 6. The molecule has 4 N–H and O–H groups in total. The number of ether oxygens (including phenoxy) is 3. The van der Waals surface area contributed by atoms with Crippen LogP contribution in [0.5, 0.6) is 23.5 Å². The Labute approximate surface area is 556 Å². The number of halogens is 4. The number of β-amino-alcohol motifs (C(OH)–C–C–N with tert-alkyl or cyclic N) is 1. The van der Waals surface area contributed by atoms with Crippen LogP contribution in [-0.4, -0.2) is 175 Å². The van der Waals surface area contributed by atoms with Crippen molar-refractivity contribution in [3.05, 3.63) is 92.6 Å². The summed E-state index contributed by atoms with van der Waals surface area (Å²) in [6.07, 6.45) is 11.7. The molecule has 1 saturated carbocycles. The highest BCUT2D eigenvalue weighted by Crippen LogP contribution is 2.48. The van der Waals surface area contributed by atoms with Crippen LogP contribution in [0.4, 0.5) is 29.6 Å². The normalized spacial score (nSPS) is 22.6. The lowest BCUT2D eigenvalue weighted by Gasteiger charge is -2.49. The van der Waals surface area contributed by atoms with E-state index < -0.39 is 34.7 Å². The van der Waals surface area contributed by atoms with Gasteiger partial charge in [-0.3, -0.25) is 19.7 Å². The van der Waals surface area contributed by atoms with Crippen molar-refractivity contribution in [3.63, 3.8) is 0 Å². The van der Waals surface area contributed by atoms with Crippen LogP contribution in [0.3, 0.4) is 0 Å². The molecule has 5 saturated heterocycles. The summed E-state index contributed by atoms with van der Waals surface area (Å²) in [6.45, 7) is 9.61. The van der Waals surface area contributed by atoms with Gasteiger partial charge in [-0.25, -0.2) is 18.0 Å². The lowest BCUT2D eigenvalue weighted by atomic mass is 9.80. The maximum absolute atomic E-state index is 17.4. The van der Waals surface area contributed by atoms with Crippen molar-refractivity contribution in [2.45, 2.75) is 134 Å². The van der Waals surface area contributed by atoms with Crippen LogP contribution in [0, 0.1) is 26.4 Å². The number of fused-ring (bicyclic) bond motifs is 5. The second kappa shape index (κ2) is 24.5. The number of carbonyl (C=O) groups excluding carboxylic acids is 2. The van der Waals surface area contributed by atoms with Crippen molar-refractivity contribution < 1.29 is 52.3 Å². The fourth-order valence-electron chi connectivity index (χ4n) is 15.9. The van der Waals surface area contributed by atoms with Gasteiger partial charge in [0.05, 0.1) is 61.8 Å². The number of nitrogens with one attached hydrogen (secondary N) is 1. The van der Waals surface area contributed by atoms with Crippen molar-refractivity contribution in [3.8, 4) is 46.0 Å². The van der Waals surface area contributed by atoms with Crippen molar-refractivity contribution in [2.24, 2.45) is 5.41 Å². The fourth-order valence-corrected chi connectivity index (χ4v) is 16.7. The summed E-state index contributed by atoms with van der Waals surface area (Å²) in [5.41, 5.74) is 0.773. The molecule has 20 nitrogen and oxygen atoms in total. The Kier molecular flexibility index (Phi) is 16.6. The van der Waals surface area contributed by atoms with Gasteiger partial charge in [0.25, 0.3) is 0 Å². The first kappa shape index (κ1) is 63.7.